The minimum atomic E-state index is -5.81. The Balaban J connectivity index is 1.66. The van der Waals surface area contributed by atoms with Gasteiger partial charge in [-0.15, -0.1) is 10.2 Å². The third kappa shape index (κ3) is 5.59. The normalized spacial score (nSPS) is 12.4. The van der Waals surface area contributed by atoms with Gasteiger partial charge in [0.1, 0.15) is 0 Å². The van der Waals surface area contributed by atoms with Crippen molar-refractivity contribution in [3.63, 3.8) is 0 Å². The zero-order chi connectivity index (χ0) is 26.6. The SMILES string of the molecule is O=C(O)CCCCCCCn1c(C(F)(F)C(F)(F)F)nc2cc(-c3ccccc3-c3nn[nH]n3)ccc21. The number of tetrazole rings is 1. The van der Waals surface area contributed by atoms with Gasteiger partial charge < -0.3 is 9.67 Å². The van der Waals surface area contributed by atoms with Crippen LogP contribution >= 0.6 is 0 Å². The Morgan fingerprint density at radius 3 is 2.32 bits per heavy atom. The molecule has 0 bridgehead atoms. The number of hydrogen-bond donors (Lipinski definition) is 2. The number of aliphatic carboxylic acids is 1. The van der Waals surface area contributed by atoms with Gasteiger partial charge in [-0.2, -0.15) is 27.2 Å². The molecule has 0 atom stereocenters. The van der Waals surface area contributed by atoms with Crippen LogP contribution in [0.2, 0.25) is 0 Å². The highest BCUT2D eigenvalue weighted by Crippen LogP contribution is 2.44. The van der Waals surface area contributed by atoms with Gasteiger partial charge in [0.2, 0.25) is 5.82 Å². The highest BCUT2D eigenvalue weighted by atomic mass is 19.4. The topological polar surface area (TPSA) is 110 Å². The van der Waals surface area contributed by atoms with Gasteiger partial charge in [-0.1, -0.05) is 49.6 Å². The van der Waals surface area contributed by atoms with E-state index in [1.807, 2.05) is 0 Å². The monoisotopic (exact) mass is 522 g/mol. The maximum atomic E-state index is 14.5. The number of alkyl halides is 5. The van der Waals surface area contributed by atoms with Crippen molar-refractivity contribution in [1.82, 2.24) is 30.2 Å². The fourth-order valence-electron chi connectivity index (χ4n) is 4.17. The maximum Gasteiger partial charge on any atom is 0.461 e. The summed E-state index contributed by atoms with van der Waals surface area (Å²) in [6.45, 7) is -0.0881. The average molecular weight is 522 g/mol. The number of unbranched alkanes of at least 4 members (excludes halogenated alkanes) is 4. The number of rotatable bonds is 11. The Hall–Kier alpha value is -3.90. The number of H-pyrrole nitrogens is 1. The number of aryl methyl sites for hydroxylation is 1. The molecule has 0 radical (unpaired) electrons. The number of benzene rings is 2. The molecule has 0 fully saturated rings. The first kappa shape index (κ1) is 26.2. The lowest BCUT2D eigenvalue weighted by Gasteiger charge is -2.20. The lowest BCUT2D eigenvalue weighted by Crippen LogP contribution is -2.36. The first-order valence-electron chi connectivity index (χ1n) is 11.6. The minimum Gasteiger partial charge on any atom is -0.481 e. The van der Waals surface area contributed by atoms with Gasteiger partial charge in [-0.05, 0) is 41.3 Å². The number of hydrogen-bond acceptors (Lipinski definition) is 5. The van der Waals surface area contributed by atoms with Crippen LogP contribution in [0.4, 0.5) is 22.0 Å². The molecular formula is C24H23F5N6O2. The molecule has 37 heavy (non-hydrogen) atoms. The molecule has 2 aromatic heterocycles. The molecule has 13 heteroatoms. The van der Waals surface area contributed by atoms with Gasteiger partial charge in [0, 0.05) is 18.5 Å². The molecular weight excluding hydrogens is 499 g/mol. The van der Waals surface area contributed by atoms with E-state index in [0.717, 1.165) is 4.57 Å². The molecule has 8 nitrogen and oxygen atoms in total. The Bertz CT molecular complexity index is 1370. The summed E-state index contributed by atoms with van der Waals surface area (Å²) in [6.07, 6.45) is -3.14. The molecule has 0 spiro atoms. The third-order valence-electron chi connectivity index (χ3n) is 5.98. The summed E-state index contributed by atoms with van der Waals surface area (Å²) in [5.41, 5.74) is 1.92. The number of nitrogens with one attached hydrogen (secondary N) is 1. The number of carboxylic acid groups (broad SMARTS) is 1. The highest BCUT2D eigenvalue weighted by molar-refractivity contribution is 5.87. The summed E-state index contributed by atoms with van der Waals surface area (Å²) in [5, 5.41) is 22.5. The molecule has 4 aromatic rings. The Labute approximate surface area is 207 Å². The van der Waals surface area contributed by atoms with E-state index in [-0.39, 0.29) is 24.0 Å². The van der Waals surface area contributed by atoms with Gasteiger partial charge in [0.25, 0.3) is 0 Å². The second-order valence-corrected chi connectivity index (χ2v) is 8.56. The molecule has 2 aromatic carbocycles. The second-order valence-electron chi connectivity index (χ2n) is 8.56. The molecule has 196 valence electrons. The molecule has 0 aliphatic rings. The molecule has 4 rings (SSSR count). The largest absolute Gasteiger partial charge is 0.481 e. The van der Waals surface area contributed by atoms with Crippen LogP contribution in [0.5, 0.6) is 0 Å². The fraction of sp³-hybridized carbons (Fsp3) is 0.375. The number of nitrogens with zero attached hydrogens (tertiary/aromatic N) is 5. The molecule has 0 aliphatic heterocycles. The van der Waals surface area contributed by atoms with Crippen LogP contribution in [0.1, 0.15) is 44.3 Å². The number of carboxylic acids is 1. The van der Waals surface area contributed by atoms with Crippen LogP contribution in [0, 0.1) is 0 Å². The summed E-state index contributed by atoms with van der Waals surface area (Å²) in [4.78, 5) is 14.3. The van der Waals surface area contributed by atoms with E-state index in [0.29, 0.717) is 54.6 Å². The van der Waals surface area contributed by atoms with Gasteiger partial charge in [0.15, 0.2) is 5.82 Å². The maximum absolute atomic E-state index is 14.5. The minimum absolute atomic E-state index is 0.000739. The van der Waals surface area contributed by atoms with Crippen molar-refractivity contribution in [3.8, 4) is 22.5 Å². The van der Waals surface area contributed by atoms with Crippen molar-refractivity contribution < 1.29 is 31.9 Å². The number of halogens is 5. The Morgan fingerprint density at radius 2 is 1.65 bits per heavy atom. The summed E-state index contributed by atoms with van der Waals surface area (Å²) in [7, 11) is 0. The fourth-order valence-corrected chi connectivity index (χ4v) is 4.17. The molecule has 0 unspecified atom stereocenters. The summed E-state index contributed by atoms with van der Waals surface area (Å²) in [5.74, 6) is -7.10. The number of carbonyl (C=O) groups is 1. The molecule has 0 aliphatic carbocycles. The Kier molecular flexibility index (Phi) is 7.50. The van der Waals surface area contributed by atoms with Crippen molar-refractivity contribution in [2.24, 2.45) is 0 Å². The van der Waals surface area contributed by atoms with Crippen molar-refractivity contribution in [2.45, 2.75) is 57.2 Å². The predicted octanol–water partition coefficient (Wildman–Crippen LogP) is 5.96. The van der Waals surface area contributed by atoms with E-state index in [9.17, 15) is 26.7 Å². The molecule has 2 N–H and O–H groups in total. The van der Waals surface area contributed by atoms with Crippen molar-refractivity contribution >= 4 is 17.0 Å². The number of aromatic nitrogens is 6. The quantitative estimate of drug-likeness (QED) is 0.186. The van der Waals surface area contributed by atoms with E-state index in [4.69, 9.17) is 5.11 Å². The van der Waals surface area contributed by atoms with Crippen LogP contribution in [-0.2, 0) is 17.3 Å². The van der Waals surface area contributed by atoms with E-state index >= 15 is 0 Å². The van der Waals surface area contributed by atoms with Gasteiger partial charge >= 0.3 is 18.1 Å². The highest BCUT2D eigenvalue weighted by Gasteiger charge is 2.61. The summed E-state index contributed by atoms with van der Waals surface area (Å²) < 4.78 is 69.8. The average Bonchev–Trinajstić information content (AvgIpc) is 3.51. The summed E-state index contributed by atoms with van der Waals surface area (Å²) in [6, 6.07) is 11.6. The zero-order valence-electron chi connectivity index (χ0n) is 19.5. The smallest absolute Gasteiger partial charge is 0.461 e. The summed E-state index contributed by atoms with van der Waals surface area (Å²) >= 11 is 0. The van der Waals surface area contributed by atoms with Crippen molar-refractivity contribution in [2.75, 3.05) is 0 Å². The van der Waals surface area contributed by atoms with Crippen LogP contribution < -0.4 is 0 Å². The van der Waals surface area contributed by atoms with E-state index in [1.165, 1.54) is 12.1 Å². The van der Waals surface area contributed by atoms with Crippen molar-refractivity contribution in [1.29, 1.82) is 0 Å². The van der Waals surface area contributed by atoms with Gasteiger partial charge in [-0.25, -0.2) is 4.98 Å². The van der Waals surface area contributed by atoms with Crippen LogP contribution in [0.3, 0.4) is 0 Å². The number of aromatic amines is 1. The van der Waals surface area contributed by atoms with Gasteiger partial charge in [-0.3, -0.25) is 4.79 Å². The number of imidazole rings is 1. The lowest BCUT2D eigenvalue weighted by molar-refractivity contribution is -0.293. The van der Waals surface area contributed by atoms with Gasteiger partial charge in [0.05, 0.1) is 11.0 Å². The van der Waals surface area contributed by atoms with E-state index in [2.05, 4.69) is 25.6 Å². The molecule has 0 saturated carbocycles. The lowest BCUT2D eigenvalue weighted by atomic mass is 9.99. The predicted molar refractivity (Wildman–Crippen MR) is 124 cm³/mol. The van der Waals surface area contributed by atoms with Crippen LogP contribution in [0.15, 0.2) is 42.5 Å². The Morgan fingerprint density at radius 1 is 0.946 bits per heavy atom. The third-order valence-corrected chi connectivity index (χ3v) is 5.98. The van der Waals surface area contributed by atoms with E-state index in [1.54, 1.807) is 30.3 Å². The second kappa shape index (κ2) is 10.6. The van der Waals surface area contributed by atoms with Crippen LogP contribution in [-0.4, -0.2) is 47.4 Å². The first-order chi connectivity index (χ1) is 17.6. The molecule has 0 saturated heterocycles. The standard InChI is InChI=1S/C24H23F5N6O2/c25-23(26,24(27,28)29)22-30-18-14-15(16-8-5-6-9-17(16)21-31-33-34-32-21)11-12-19(18)35(22)13-7-3-1-2-4-10-20(36)37/h5-6,8-9,11-12,14H,1-4,7,10,13H2,(H,36,37)(H,31,32,33,34). The van der Waals surface area contributed by atoms with Crippen LogP contribution in [0.25, 0.3) is 33.5 Å². The molecule has 2 heterocycles. The van der Waals surface area contributed by atoms with E-state index < -0.39 is 23.9 Å². The molecule has 0 amide bonds. The van der Waals surface area contributed by atoms with Crippen molar-refractivity contribution in [3.05, 3.63) is 48.3 Å². The zero-order valence-corrected chi connectivity index (χ0v) is 19.5. The first-order valence-corrected chi connectivity index (χ1v) is 11.6. The number of fused-ring (bicyclic) bond motifs is 1.